The van der Waals surface area contributed by atoms with Gasteiger partial charge in [0.25, 0.3) is 0 Å². The average Bonchev–Trinajstić information content (AvgIpc) is 2.97. The molecule has 0 fully saturated rings. The molecule has 0 aliphatic carbocycles. The lowest BCUT2D eigenvalue weighted by molar-refractivity contribution is -0.121. The first-order valence-electron chi connectivity index (χ1n) is 8.85. The summed E-state index contributed by atoms with van der Waals surface area (Å²) in [5.41, 5.74) is 3.63. The molecular formula is C20H21N3O2S. The Kier molecular flexibility index (Phi) is 4.86. The summed E-state index contributed by atoms with van der Waals surface area (Å²) in [6.07, 6.45) is 1.06. The molecule has 1 aromatic heterocycles. The summed E-state index contributed by atoms with van der Waals surface area (Å²) in [6, 6.07) is 16.1. The van der Waals surface area contributed by atoms with E-state index in [0.29, 0.717) is 6.54 Å². The zero-order valence-corrected chi connectivity index (χ0v) is 15.3. The van der Waals surface area contributed by atoms with Crippen LogP contribution < -0.4 is 10.2 Å². The smallest absolute Gasteiger partial charge is 0.308 e. The van der Waals surface area contributed by atoms with Crippen LogP contribution >= 0.6 is 11.3 Å². The molecule has 3 aromatic rings. The van der Waals surface area contributed by atoms with Crippen LogP contribution in [0.4, 0.5) is 0 Å². The van der Waals surface area contributed by atoms with E-state index in [1.165, 1.54) is 22.5 Å². The number of hydrogen-bond donors (Lipinski definition) is 1. The van der Waals surface area contributed by atoms with E-state index < -0.39 is 0 Å². The van der Waals surface area contributed by atoms with Gasteiger partial charge in [-0.05, 0) is 29.7 Å². The number of fused-ring (bicyclic) bond motifs is 2. The summed E-state index contributed by atoms with van der Waals surface area (Å²) in [7, 11) is 0. The van der Waals surface area contributed by atoms with E-state index in [9.17, 15) is 9.59 Å². The predicted molar refractivity (Wildman–Crippen MR) is 105 cm³/mol. The summed E-state index contributed by atoms with van der Waals surface area (Å²) in [5, 5.41) is 2.95. The molecule has 134 valence electrons. The molecule has 0 atom stereocenters. The third-order valence-corrected chi connectivity index (χ3v) is 5.80. The minimum atomic E-state index is -0.118. The van der Waals surface area contributed by atoms with Gasteiger partial charge in [0.1, 0.15) is 6.54 Å². The number of thiazole rings is 1. The van der Waals surface area contributed by atoms with Crippen LogP contribution in [0.5, 0.6) is 0 Å². The number of benzene rings is 2. The van der Waals surface area contributed by atoms with E-state index in [1.807, 2.05) is 24.3 Å². The number of rotatable bonds is 5. The van der Waals surface area contributed by atoms with E-state index in [4.69, 9.17) is 0 Å². The van der Waals surface area contributed by atoms with Crippen molar-refractivity contribution in [1.29, 1.82) is 0 Å². The van der Waals surface area contributed by atoms with Gasteiger partial charge in [0.15, 0.2) is 0 Å². The van der Waals surface area contributed by atoms with Crippen molar-refractivity contribution in [3.8, 4) is 0 Å². The van der Waals surface area contributed by atoms with Gasteiger partial charge in [-0.2, -0.15) is 0 Å². The van der Waals surface area contributed by atoms with Crippen LogP contribution in [0.1, 0.15) is 11.1 Å². The number of nitrogens with zero attached hydrogens (tertiary/aromatic N) is 2. The van der Waals surface area contributed by atoms with Crippen LogP contribution in [-0.4, -0.2) is 35.0 Å². The molecule has 4 rings (SSSR count). The standard InChI is InChI=1S/C20H21N3O2S/c24-19(14-23-17-7-3-4-8-18(17)26-20(23)25)21-10-12-22-11-9-15-5-1-2-6-16(15)13-22/h1-8H,9-14H2,(H,21,24). The summed E-state index contributed by atoms with van der Waals surface area (Å²) in [6.45, 7) is 3.44. The Labute approximate surface area is 155 Å². The SMILES string of the molecule is O=C(Cn1c(=O)sc2ccccc21)NCCN1CCc2ccccc2C1. The van der Waals surface area contributed by atoms with Gasteiger partial charge in [-0.1, -0.05) is 47.7 Å². The van der Waals surface area contributed by atoms with E-state index in [0.717, 1.165) is 36.3 Å². The van der Waals surface area contributed by atoms with Crippen LogP contribution in [-0.2, 0) is 24.3 Å². The molecule has 0 saturated carbocycles. The van der Waals surface area contributed by atoms with Gasteiger partial charge in [0.05, 0.1) is 10.2 Å². The fraction of sp³-hybridized carbons (Fsp3) is 0.300. The van der Waals surface area contributed by atoms with E-state index in [2.05, 4.69) is 34.5 Å². The lowest BCUT2D eigenvalue weighted by Crippen LogP contribution is -2.39. The number of amides is 1. The van der Waals surface area contributed by atoms with Crippen molar-refractivity contribution in [2.75, 3.05) is 19.6 Å². The van der Waals surface area contributed by atoms with Crippen LogP contribution in [0.3, 0.4) is 0 Å². The van der Waals surface area contributed by atoms with Crippen LogP contribution in [0.2, 0.25) is 0 Å². The molecule has 0 bridgehead atoms. The average molecular weight is 367 g/mol. The van der Waals surface area contributed by atoms with Gasteiger partial charge in [-0.25, -0.2) is 0 Å². The second kappa shape index (κ2) is 7.43. The quantitative estimate of drug-likeness (QED) is 0.752. The first kappa shape index (κ1) is 17.0. The number of carbonyl (C=O) groups is 1. The maximum atomic E-state index is 12.3. The zero-order chi connectivity index (χ0) is 17.9. The second-order valence-electron chi connectivity index (χ2n) is 6.57. The van der Waals surface area contributed by atoms with Crippen molar-refractivity contribution in [2.24, 2.45) is 0 Å². The minimum Gasteiger partial charge on any atom is -0.353 e. The molecular weight excluding hydrogens is 346 g/mol. The first-order chi connectivity index (χ1) is 12.7. The molecule has 6 heteroatoms. The van der Waals surface area contributed by atoms with Crippen molar-refractivity contribution < 1.29 is 4.79 Å². The highest BCUT2D eigenvalue weighted by atomic mass is 32.1. The van der Waals surface area contributed by atoms with Crippen LogP contribution in [0.25, 0.3) is 10.2 Å². The highest BCUT2D eigenvalue weighted by molar-refractivity contribution is 7.16. The van der Waals surface area contributed by atoms with Gasteiger partial charge in [0.2, 0.25) is 5.91 Å². The van der Waals surface area contributed by atoms with Crippen molar-refractivity contribution in [2.45, 2.75) is 19.5 Å². The normalized spacial score (nSPS) is 14.3. The third kappa shape index (κ3) is 3.57. The van der Waals surface area contributed by atoms with Crippen molar-refractivity contribution in [3.63, 3.8) is 0 Å². The van der Waals surface area contributed by atoms with Crippen LogP contribution in [0, 0.1) is 0 Å². The molecule has 2 heterocycles. The van der Waals surface area contributed by atoms with Crippen molar-refractivity contribution in [1.82, 2.24) is 14.8 Å². The molecule has 0 spiro atoms. The van der Waals surface area contributed by atoms with E-state index in [-0.39, 0.29) is 17.3 Å². The van der Waals surface area contributed by atoms with Crippen molar-refractivity contribution >= 4 is 27.5 Å². The predicted octanol–water partition coefficient (Wildman–Crippen LogP) is 2.24. The Balaban J connectivity index is 1.31. The van der Waals surface area contributed by atoms with Gasteiger partial charge < -0.3 is 5.32 Å². The Morgan fingerprint density at radius 1 is 1.08 bits per heavy atom. The Hall–Kier alpha value is -2.44. The van der Waals surface area contributed by atoms with Crippen LogP contribution in [0.15, 0.2) is 53.3 Å². The van der Waals surface area contributed by atoms with Gasteiger partial charge >= 0.3 is 4.87 Å². The topological polar surface area (TPSA) is 54.3 Å². The molecule has 2 aromatic carbocycles. The lowest BCUT2D eigenvalue weighted by atomic mass is 10.00. The summed E-state index contributed by atoms with van der Waals surface area (Å²) in [5.74, 6) is -0.118. The van der Waals surface area contributed by atoms with E-state index >= 15 is 0 Å². The lowest BCUT2D eigenvalue weighted by Gasteiger charge is -2.28. The fourth-order valence-corrected chi connectivity index (χ4v) is 4.35. The van der Waals surface area contributed by atoms with Gasteiger partial charge in [0, 0.05) is 26.2 Å². The molecule has 0 unspecified atom stereocenters. The number of hydrogen-bond acceptors (Lipinski definition) is 4. The minimum absolute atomic E-state index is 0.0751. The summed E-state index contributed by atoms with van der Waals surface area (Å²) >= 11 is 1.18. The van der Waals surface area contributed by atoms with Gasteiger partial charge in [-0.15, -0.1) is 0 Å². The fourth-order valence-electron chi connectivity index (χ4n) is 3.46. The summed E-state index contributed by atoms with van der Waals surface area (Å²) < 4.78 is 2.46. The molecule has 1 amide bonds. The summed E-state index contributed by atoms with van der Waals surface area (Å²) in [4.78, 5) is 26.6. The number of para-hydroxylation sites is 1. The highest BCUT2D eigenvalue weighted by Crippen LogP contribution is 2.18. The first-order valence-corrected chi connectivity index (χ1v) is 9.66. The number of carbonyl (C=O) groups excluding carboxylic acids is 1. The Bertz CT molecular complexity index is 992. The van der Waals surface area contributed by atoms with E-state index in [1.54, 1.807) is 4.57 Å². The number of nitrogens with one attached hydrogen (secondary N) is 1. The molecule has 1 N–H and O–H groups in total. The monoisotopic (exact) mass is 367 g/mol. The molecule has 1 aliphatic heterocycles. The Morgan fingerprint density at radius 3 is 2.73 bits per heavy atom. The highest BCUT2D eigenvalue weighted by Gasteiger charge is 2.16. The zero-order valence-electron chi connectivity index (χ0n) is 14.5. The third-order valence-electron chi connectivity index (χ3n) is 4.84. The molecule has 26 heavy (non-hydrogen) atoms. The molecule has 0 radical (unpaired) electrons. The van der Waals surface area contributed by atoms with Crippen molar-refractivity contribution in [3.05, 3.63) is 69.3 Å². The largest absolute Gasteiger partial charge is 0.353 e. The molecule has 0 saturated heterocycles. The molecule has 1 aliphatic rings. The van der Waals surface area contributed by atoms with Gasteiger partial charge in [-0.3, -0.25) is 19.1 Å². The maximum absolute atomic E-state index is 12.3. The number of aromatic nitrogens is 1. The maximum Gasteiger partial charge on any atom is 0.308 e. The Morgan fingerprint density at radius 2 is 1.85 bits per heavy atom. The second-order valence-corrected chi connectivity index (χ2v) is 7.56. The molecule has 5 nitrogen and oxygen atoms in total.